The van der Waals surface area contributed by atoms with E-state index in [-0.39, 0.29) is 23.8 Å². The van der Waals surface area contributed by atoms with Gasteiger partial charge in [0.15, 0.2) is 0 Å². The van der Waals surface area contributed by atoms with Crippen molar-refractivity contribution in [1.82, 2.24) is 14.4 Å². The first-order valence-corrected chi connectivity index (χ1v) is 12.0. The molecule has 0 radical (unpaired) electrons. The Morgan fingerprint density at radius 2 is 1.79 bits per heavy atom. The number of nitrogens with zero attached hydrogens (tertiary/aromatic N) is 3. The second-order valence-corrected chi connectivity index (χ2v) is 9.80. The summed E-state index contributed by atoms with van der Waals surface area (Å²) in [6.45, 7) is 6.04. The van der Waals surface area contributed by atoms with Gasteiger partial charge in [0.05, 0.1) is 11.1 Å². The average molecular weight is 466 g/mol. The van der Waals surface area contributed by atoms with Gasteiger partial charge in [-0.3, -0.25) is 9.59 Å². The first-order chi connectivity index (χ1) is 15.8. The zero-order valence-corrected chi connectivity index (χ0v) is 20.7. The van der Waals surface area contributed by atoms with E-state index in [1.54, 1.807) is 25.1 Å². The highest BCUT2D eigenvalue weighted by molar-refractivity contribution is 6.31. The van der Waals surface area contributed by atoms with E-state index in [9.17, 15) is 9.59 Å². The van der Waals surface area contributed by atoms with Crippen LogP contribution in [0.15, 0.2) is 48.7 Å². The minimum Gasteiger partial charge on any atom is -0.347 e. The van der Waals surface area contributed by atoms with Crippen LogP contribution in [-0.2, 0) is 16.8 Å². The fourth-order valence-corrected chi connectivity index (χ4v) is 5.31. The maximum Gasteiger partial charge on any atom is 0.256 e. The summed E-state index contributed by atoms with van der Waals surface area (Å²) in [5.74, 6) is -0.0114. The molecule has 1 aliphatic rings. The molecule has 1 fully saturated rings. The van der Waals surface area contributed by atoms with Crippen molar-refractivity contribution in [3.05, 3.63) is 70.4 Å². The Balaban J connectivity index is 1.61. The van der Waals surface area contributed by atoms with Crippen LogP contribution in [0.5, 0.6) is 0 Å². The summed E-state index contributed by atoms with van der Waals surface area (Å²) in [5, 5.41) is 1.42. The second-order valence-electron chi connectivity index (χ2n) is 9.36. The van der Waals surface area contributed by atoms with E-state index in [1.165, 1.54) is 11.1 Å². The van der Waals surface area contributed by atoms with Crippen molar-refractivity contribution < 1.29 is 9.59 Å². The van der Waals surface area contributed by atoms with Crippen molar-refractivity contribution in [2.45, 2.75) is 45.1 Å². The number of hydrogen-bond donors (Lipinski definition) is 0. The molecule has 0 N–H and O–H groups in total. The van der Waals surface area contributed by atoms with E-state index >= 15 is 0 Å². The van der Waals surface area contributed by atoms with E-state index in [0.29, 0.717) is 10.6 Å². The van der Waals surface area contributed by atoms with Crippen LogP contribution < -0.4 is 0 Å². The Hall–Kier alpha value is -2.79. The van der Waals surface area contributed by atoms with Gasteiger partial charge in [0, 0.05) is 43.8 Å². The molecule has 0 atom stereocenters. The SMILES string of the molecule is CCC1(c2ccccc2C)CCN(C(=O)c2cn(CC(=O)N(C)C)c3cc(Cl)ccc23)CC1. The van der Waals surface area contributed by atoms with Gasteiger partial charge >= 0.3 is 0 Å². The van der Waals surface area contributed by atoms with E-state index in [4.69, 9.17) is 11.6 Å². The van der Waals surface area contributed by atoms with Gasteiger partial charge in [0.25, 0.3) is 5.91 Å². The molecule has 174 valence electrons. The summed E-state index contributed by atoms with van der Waals surface area (Å²) in [4.78, 5) is 29.5. The molecule has 0 spiro atoms. The lowest BCUT2D eigenvalue weighted by Crippen LogP contribution is -2.45. The number of likely N-dealkylation sites (tertiary alicyclic amines) is 1. The summed E-state index contributed by atoms with van der Waals surface area (Å²) < 4.78 is 1.84. The maximum atomic E-state index is 13.6. The third kappa shape index (κ3) is 4.39. The van der Waals surface area contributed by atoms with Crippen LogP contribution in [0.4, 0.5) is 0 Å². The Bertz CT molecular complexity index is 1190. The summed E-state index contributed by atoms with van der Waals surface area (Å²) in [6, 6.07) is 14.1. The van der Waals surface area contributed by atoms with Crippen molar-refractivity contribution in [3.8, 4) is 0 Å². The third-order valence-corrected chi connectivity index (χ3v) is 7.52. The highest BCUT2D eigenvalue weighted by atomic mass is 35.5. The minimum atomic E-state index is -0.0326. The lowest BCUT2D eigenvalue weighted by molar-refractivity contribution is -0.129. The van der Waals surface area contributed by atoms with Gasteiger partial charge in [-0.2, -0.15) is 0 Å². The van der Waals surface area contributed by atoms with Gasteiger partial charge in [0.1, 0.15) is 6.54 Å². The zero-order chi connectivity index (χ0) is 23.8. The van der Waals surface area contributed by atoms with Gasteiger partial charge in [-0.25, -0.2) is 0 Å². The topological polar surface area (TPSA) is 45.6 Å². The Morgan fingerprint density at radius 1 is 1.09 bits per heavy atom. The summed E-state index contributed by atoms with van der Waals surface area (Å²) in [7, 11) is 3.46. The predicted molar refractivity (Wildman–Crippen MR) is 134 cm³/mol. The molecule has 1 aromatic heterocycles. The van der Waals surface area contributed by atoms with E-state index in [0.717, 1.165) is 43.3 Å². The predicted octanol–water partition coefficient (Wildman–Crippen LogP) is 5.28. The Labute approximate surface area is 200 Å². The third-order valence-electron chi connectivity index (χ3n) is 7.28. The lowest BCUT2D eigenvalue weighted by atomic mass is 9.69. The van der Waals surface area contributed by atoms with Crippen LogP contribution in [0.2, 0.25) is 5.02 Å². The van der Waals surface area contributed by atoms with Crippen LogP contribution in [0.3, 0.4) is 0 Å². The molecule has 4 rings (SSSR count). The molecule has 1 aliphatic heterocycles. The molecular formula is C27H32ClN3O2. The van der Waals surface area contributed by atoms with Crippen LogP contribution in [0.25, 0.3) is 10.9 Å². The molecule has 0 unspecified atom stereocenters. The molecule has 33 heavy (non-hydrogen) atoms. The molecule has 3 aromatic rings. The highest BCUT2D eigenvalue weighted by Crippen LogP contribution is 2.40. The first kappa shape index (κ1) is 23.4. The quantitative estimate of drug-likeness (QED) is 0.515. The number of rotatable bonds is 5. The van der Waals surface area contributed by atoms with Crippen LogP contribution in [0.1, 0.15) is 47.7 Å². The van der Waals surface area contributed by atoms with Crippen LogP contribution in [0, 0.1) is 6.92 Å². The maximum absolute atomic E-state index is 13.6. The fraction of sp³-hybridized carbons (Fsp3) is 0.407. The molecule has 2 amide bonds. The molecular weight excluding hydrogens is 434 g/mol. The number of carbonyl (C=O) groups is 2. The number of halogens is 1. The van der Waals surface area contributed by atoms with Crippen molar-refractivity contribution in [2.75, 3.05) is 27.2 Å². The summed E-state index contributed by atoms with van der Waals surface area (Å²) in [5.41, 5.74) is 4.29. The Kier molecular flexibility index (Phi) is 6.53. The molecule has 0 saturated carbocycles. The molecule has 0 bridgehead atoms. The van der Waals surface area contributed by atoms with Gasteiger partial charge in [-0.05, 0) is 54.9 Å². The van der Waals surface area contributed by atoms with Gasteiger partial charge in [0.2, 0.25) is 5.91 Å². The van der Waals surface area contributed by atoms with Crippen molar-refractivity contribution in [2.24, 2.45) is 0 Å². The number of hydrogen-bond acceptors (Lipinski definition) is 2. The smallest absolute Gasteiger partial charge is 0.256 e. The highest BCUT2D eigenvalue weighted by Gasteiger charge is 2.37. The minimum absolute atomic E-state index is 0.0212. The average Bonchev–Trinajstić information content (AvgIpc) is 3.16. The monoisotopic (exact) mass is 465 g/mol. The molecule has 2 aromatic carbocycles. The number of benzene rings is 2. The van der Waals surface area contributed by atoms with E-state index in [2.05, 4.69) is 38.1 Å². The number of carbonyl (C=O) groups excluding carboxylic acids is 2. The zero-order valence-electron chi connectivity index (χ0n) is 19.9. The Morgan fingerprint density at radius 3 is 2.42 bits per heavy atom. The second kappa shape index (κ2) is 9.22. The number of aryl methyl sites for hydroxylation is 1. The van der Waals surface area contributed by atoms with Crippen molar-refractivity contribution in [3.63, 3.8) is 0 Å². The van der Waals surface area contributed by atoms with Gasteiger partial charge in [-0.1, -0.05) is 48.9 Å². The number of amides is 2. The molecule has 6 heteroatoms. The van der Waals surface area contributed by atoms with E-state index in [1.807, 2.05) is 27.8 Å². The molecule has 1 saturated heterocycles. The number of aromatic nitrogens is 1. The number of piperidine rings is 1. The van der Waals surface area contributed by atoms with Crippen molar-refractivity contribution in [1.29, 1.82) is 0 Å². The standard InChI is InChI=1S/C27H32ClN3O2/c1-5-27(23-9-7-6-8-19(23)2)12-14-30(15-13-27)26(33)22-17-31(18-25(32)29(3)4)24-16-20(28)10-11-21(22)24/h6-11,16-17H,5,12-15,18H2,1-4H3. The molecule has 5 nitrogen and oxygen atoms in total. The normalized spacial score (nSPS) is 15.6. The number of likely N-dealkylation sites (N-methyl/N-ethyl adjacent to an activating group) is 1. The van der Waals surface area contributed by atoms with Gasteiger partial charge < -0.3 is 14.4 Å². The van der Waals surface area contributed by atoms with E-state index < -0.39 is 0 Å². The molecule has 0 aliphatic carbocycles. The largest absolute Gasteiger partial charge is 0.347 e. The van der Waals surface area contributed by atoms with Crippen LogP contribution >= 0.6 is 11.6 Å². The van der Waals surface area contributed by atoms with Crippen molar-refractivity contribution >= 4 is 34.3 Å². The number of fused-ring (bicyclic) bond motifs is 1. The lowest BCUT2D eigenvalue weighted by Gasteiger charge is -2.42. The van der Waals surface area contributed by atoms with Gasteiger partial charge in [-0.15, -0.1) is 0 Å². The first-order valence-electron chi connectivity index (χ1n) is 11.6. The van der Waals surface area contributed by atoms with Crippen LogP contribution in [-0.4, -0.2) is 53.4 Å². The molecule has 2 heterocycles. The fourth-order valence-electron chi connectivity index (χ4n) is 5.14. The summed E-state index contributed by atoms with van der Waals surface area (Å²) >= 11 is 6.24. The summed E-state index contributed by atoms with van der Waals surface area (Å²) in [6.07, 6.45) is 4.77.